The van der Waals surface area contributed by atoms with Crippen LogP contribution in [-0.2, 0) is 19.4 Å². The molecule has 0 unspecified atom stereocenters. The van der Waals surface area contributed by atoms with E-state index in [9.17, 15) is 13.2 Å². The molecule has 8 heteroatoms. The lowest BCUT2D eigenvalue weighted by Gasteiger charge is -2.11. The standard InChI is InChI=1S/C11H16N2O5S/c1-8-3-4-10(13-9(2)14)7-11(8)12-5-6-18-19(15,16)17/h3-4,7,12H,5-6H2,1-2H3,(H,13,14)(H,15,16,17). The van der Waals surface area contributed by atoms with E-state index in [2.05, 4.69) is 14.8 Å². The van der Waals surface area contributed by atoms with Gasteiger partial charge in [-0.15, -0.1) is 0 Å². The molecule has 0 spiro atoms. The number of benzene rings is 1. The monoisotopic (exact) mass is 288 g/mol. The third-order valence-corrected chi connectivity index (χ3v) is 2.67. The molecule has 0 radical (unpaired) electrons. The fraction of sp³-hybridized carbons (Fsp3) is 0.364. The number of amides is 1. The first-order valence-corrected chi connectivity index (χ1v) is 6.88. The predicted molar refractivity (Wildman–Crippen MR) is 71.5 cm³/mol. The summed E-state index contributed by atoms with van der Waals surface area (Å²) in [6.45, 7) is 3.28. The SMILES string of the molecule is CC(=O)Nc1ccc(C)c(NCCOS(=O)(=O)O)c1. The first kappa shape index (κ1) is 15.4. The van der Waals surface area contributed by atoms with Gasteiger partial charge in [-0.05, 0) is 24.6 Å². The molecule has 0 aromatic heterocycles. The molecule has 0 bridgehead atoms. The van der Waals surface area contributed by atoms with E-state index in [1.54, 1.807) is 12.1 Å². The molecular formula is C11H16N2O5S. The van der Waals surface area contributed by atoms with Gasteiger partial charge < -0.3 is 10.6 Å². The van der Waals surface area contributed by atoms with Gasteiger partial charge in [0.1, 0.15) is 0 Å². The summed E-state index contributed by atoms with van der Waals surface area (Å²) in [4.78, 5) is 10.9. The molecule has 0 atom stereocenters. The fourth-order valence-corrected chi connectivity index (χ4v) is 1.72. The van der Waals surface area contributed by atoms with Crippen molar-refractivity contribution >= 4 is 27.7 Å². The summed E-state index contributed by atoms with van der Waals surface area (Å²) < 4.78 is 33.3. The lowest BCUT2D eigenvalue weighted by molar-refractivity contribution is -0.114. The maximum atomic E-state index is 10.9. The molecule has 7 nitrogen and oxygen atoms in total. The van der Waals surface area contributed by atoms with Crippen LogP contribution in [0, 0.1) is 6.92 Å². The zero-order chi connectivity index (χ0) is 14.5. The minimum absolute atomic E-state index is 0.176. The van der Waals surface area contributed by atoms with Gasteiger partial charge in [-0.3, -0.25) is 9.35 Å². The number of carbonyl (C=O) groups is 1. The van der Waals surface area contributed by atoms with Gasteiger partial charge in [-0.1, -0.05) is 6.07 Å². The molecule has 0 aliphatic carbocycles. The second-order valence-electron chi connectivity index (χ2n) is 3.89. The highest BCUT2D eigenvalue weighted by Gasteiger charge is 2.05. The topological polar surface area (TPSA) is 105 Å². The molecule has 0 aliphatic heterocycles. The Bertz CT molecular complexity index is 556. The Hall–Kier alpha value is -1.64. The van der Waals surface area contributed by atoms with Crippen LogP contribution >= 0.6 is 0 Å². The molecule has 3 N–H and O–H groups in total. The number of nitrogens with one attached hydrogen (secondary N) is 2. The molecule has 1 aromatic carbocycles. The summed E-state index contributed by atoms with van der Waals surface area (Å²) in [6.07, 6.45) is 0. The maximum Gasteiger partial charge on any atom is 0.397 e. The highest BCUT2D eigenvalue weighted by atomic mass is 32.3. The van der Waals surface area contributed by atoms with Gasteiger partial charge in [-0.2, -0.15) is 8.42 Å². The molecular weight excluding hydrogens is 272 g/mol. The third-order valence-electron chi connectivity index (χ3n) is 2.21. The summed E-state index contributed by atoms with van der Waals surface area (Å²) in [6, 6.07) is 5.30. The summed E-state index contributed by atoms with van der Waals surface area (Å²) in [5.74, 6) is -0.176. The molecule has 0 heterocycles. The van der Waals surface area contributed by atoms with Crippen LogP contribution in [0.5, 0.6) is 0 Å². The average Bonchev–Trinajstić information content (AvgIpc) is 2.26. The Morgan fingerprint density at radius 3 is 2.68 bits per heavy atom. The molecule has 19 heavy (non-hydrogen) atoms. The van der Waals surface area contributed by atoms with Gasteiger partial charge in [0.2, 0.25) is 5.91 Å². The first-order valence-electron chi connectivity index (χ1n) is 5.52. The van der Waals surface area contributed by atoms with Crippen molar-refractivity contribution in [3.63, 3.8) is 0 Å². The molecule has 1 rings (SSSR count). The van der Waals surface area contributed by atoms with Crippen molar-refractivity contribution in [2.24, 2.45) is 0 Å². The minimum Gasteiger partial charge on any atom is -0.382 e. The quantitative estimate of drug-likeness (QED) is 0.536. The molecule has 0 aliphatic rings. The Balaban J connectivity index is 2.59. The molecule has 1 amide bonds. The lowest BCUT2D eigenvalue weighted by Crippen LogP contribution is -2.14. The molecule has 106 valence electrons. The Morgan fingerprint density at radius 2 is 2.11 bits per heavy atom. The lowest BCUT2D eigenvalue weighted by atomic mass is 10.2. The van der Waals surface area contributed by atoms with Crippen molar-refractivity contribution in [1.29, 1.82) is 0 Å². The normalized spacial score (nSPS) is 11.1. The van der Waals surface area contributed by atoms with Gasteiger partial charge in [0.05, 0.1) is 6.61 Å². The number of aryl methyl sites for hydroxylation is 1. The van der Waals surface area contributed by atoms with Crippen LogP contribution in [-0.4, -0.2) is 32.0 Å². The summed E-state index contributed by atoms with van der Waals surface area (Å²) in [7, 11) is -4.41. The van der Waals surface area contributed by atoms with Gasteiger partial charge in [-0.25, -0.2) is 4.18 Å². The molecule has 0 fully saturated rings. The van der Waals surface area contributed by atoms with E-state index < -0.39 is 10.4 Å². The van der Waals surface area contributed by atoms with Gasteiger partial charge in [0.15, 0.2) is 0 Å². The van der Waals surface area contributed by atoms with Crippen LogP contribution in [0.4, 0.5) is 11.4 Å². The zero-order valence-corrected chi connectivity index (χ0v) is 11.5. The number of carbonyl (C=O) groups excluding carboxylic acids is 1. The average molecular weight is 288 g/mol. The molecule has 1 aromatic rings. The van der Waals surface area contributed by atoms with E-state index in [-0.39, 0.29) is 19.1 Å². The summed E-state index contributed by atoms with van der Waals surface area (Å²) >= 11 is 0. The number of hydrogen-bond acceptors (Lipinski definition) is 5. The van der Waals surface area contributed by atoms with E-state index in [4.69, 9.17) is 4.55 Å². The molecule has 0 saturated carbocycles. The van der Waals surface area contributed by atoms with Gasteiger partial charge >= 0.3 is 10.4 Å². The second-order valence-corrected chi connectivity index (χ2v) is 4.98. The number of anilines is 2. The van der Waals surface area contributed by atoms with Crippen molar-refractivity contribution in [3.8, 4) is 0 Å². The van der Waals surface area contributed by atoms with Crippen molar-refractivity contribution in [3.05, 3.63) is 23.8 Å². The van der Waals surface area contributed by atoms with Crippen LogP contribution in [0.3, 0.4) is 0 Å². The van der Waals surface area contributed by atoms with Gasteiger partial charge in [0, 0.05) is 24.8 Å². The highest BCUT2D eigenvalue weighted by Crippen LogP contribution is 2.20. The molecule has 0 saturated heterocycles. The van der Waals surface area contributed by atoms with E-state index in [1.807, 2.05) is 13.0 Å². The third kappa shape index (κ3) is 6.18. The zero-order valence-electron chi connectivity index (χ0n) is 10.6. The van der Waals surface area contributed by atoms with Crippen molar-refractivity contribution < 1.29 is 21.9 Å². The Kier molecular flexibility index (Phi) is 5.28. The van der Waals surface area contributed by atoms with Crippen LogP contribution in [0.25, 0.3) is 0 Å². The van der Waals surface area contributed by atoms with Gasteiger partial charge in [0.25, 0.3) is 0 Å². The Labute approximate surface area is 111 Å². The maximum absolute atomic E-state index is 10.9. The van der Waals surface area contributed by atoms with Crippen molar-refractivity contribution in [1.82, 2.24) is 0 Å². The highest BCUT2D eigenvalue weighted by molar-refractivity contribution is 7.80. The smallest absolute Gasteiger partial charge is 0.382 e. The van der Waals surface area contributed by atoms with Crippen LogP contribution in [0.15, 0.2) is 18.2 Å². The van der Waals surface area contributed by atoms with E-state index >= 15 is 0 Å². The number of rotatable bonds is 6. The number of hydrogen-bond donors (Lipinski definition) is 3. The summed E-state index contributed by atoms with van der Waals surface area (Å²) in [5, 5.41) is 5.59. The Morgan fingerprint density at radius 1 is 1.42 bits per heavy atom. The van der Waals surface area contributed by atoms with Crippen LogP contribution in [0.2, 0.25) is 0 Å². The second kappa shape index (κ2) is 6.50. The van der Waals surface area contributed by atoms with E-state index in [1.165, 1.54) is 6.92 Å². The minimum atomic E-state index is -4.41. The largest absolute Gasteiger partial charge is 0.397 e. The van der Waals surface area contributed by atoms with E-state index in [0.29, 0.717) is 5.69 Å². The fourth-order valence-electron chi connectivity index (χ4n) is 1.43. The van der Waals surface area contributed by atoms with Crippen LogP contribution in [0.1, 0.15) is 12.5 Å². The summed E-state index contributed by atoms with van der Waals surface area (Å²) in [5.41, 5.74) is 2.31. The first-order chi connectivity index (χ1) is 8.78. The van der Waals surface area contributed by atoms with Crippen molar-refractivity contribution in [2.45, 2.75) is 13.8 Å². The van der Waals surface area contributed by atoms with Crippen molar-refractivity contribution in [2.75, 3.05) is 23.8 Å². The van der Waals surface area contributed by atoms with Crippen LogP contribution < -0.4 is 10.6 Å². The predicted octanol–water partition coefficient (Wildman–Crippen LogP) is 1.18. The van der Waals surface area contributed by atoms with E-state index in [0.717, 1.165) is 11.3 Å².